The lowest BCUT2D eigenvalue weighted by atomic mass is 9.44. The standard InChI is InChI=1S/C28H37FO7/c1-6-7-24(34)36-28(23(33)15-35-17(3)30)16(2)12-21-20-9-8-18-13-19(31)10-11-25(18,4)27(20,29)22(32)14-26(21,28)5/h10-11,13,16,20-22,32H,6-9,12,14-15H2,1-5H3/t16-,20+,21+,22+,25+,26+,27+,28+/m1/s1. The molecule has 0 aromatic rings. The number of aliphatic hydroxyl groups is 1. The minimum atomic E-state index is -2.05. The Labute approximate surface area is 211 Å². The second-order valence-electron chi connectivity index (χ2n) is 11.6. The molecule has 0 unspecified atom stereocenters. The van der Waals surface area contributed by atoms with Gasteiger partial charge in [-0.15, -0.1) is 0 Å². The van der Waals surface area contributed by atoms with E-state index in [4.69, 9.17) is 9.47 Å². The Morgan fingerprint density at radius 3 is 2.56 bits per heavy atom. The summed E-state index contributed by atoms with van der Waals surface area (Å²) in [6, 6.07) is 0. The van der Waals surface area contributed by atoms with Crippen LogP contribution >= 0.6 is 0 Å². The van der Waals surface area contributed by atoms with Crippen molar-refractivity contribution >= 4 is 23.5 Å². The van der Waals surface area contributed by atoms with Crippen molar-refractivity contribution in [1.82, 2.24) is 0 Å². The molecule has 0 spiro atoms. The topological polar surface area (TPSA) is 107 Å². The predicted octanol–water partition coefficient (Wildman–Crippen LogP) is 3.82. The van der Waals surface area contributed by atoms with Gasteiger partial charge in [-0.05, 0) is 57.1 Å². The van der Waals surface area contributed by atoms with E-state index >= 15 is 4.39 Å². The number of Topliss-reactive ketones (excluding diaryl/α,β-unsaturated/α-hetero) is 1. The maximum atomic E-state index is 17.4. The second-order valence-corrected chi connectivity index (χ2v) is 11.6. The van der Waals surface area contributed by atoms with Gasteiger partial charge < -0.3 is 14.6 Å². The van der Waals surface area contributed by atoms with Crippen LogP contribution in [-0.4, -0.2) is 52.6 Å². The largest absolute Gasteiger partial charge is 0.458 e. The lowest BCUT2D eigenvalue weighted by Crippen LogP contribution is -2.70. The van der Waals surface area contributed by atoms with E-state index in [2.05, 4.69) is 0 Å². The SMILES string of the molecule is CCCC(=O)O[C@]1(C(=O)COC(C)=O)[C@H](C)C[C@H]2[C@@H]3CCC4=CC(=O)C=C[C@]4(C)[C@@]3(F)[C@@H](O)C[C@@]21C. The molecule has 4 aliphatic rings. The summed E-state index contributed by atoms with van der Waals surface area (Å²) < 4.78 is 28.5. The van der Waals surface area contributed by atoms with Gasteiger partial charge in [0.1, 0.15) is 0 Å². The number of hydrogen-bond donors (Lipinski definition) is 1. The molecule has 3 fully saturated rings. The Morgan fingerprint density at radius 1 is 1.22 bits per heavy atom. The third-order valence-corrected chi connectivity index (χ3v) is 9.73. The van der Waals surface area contributed by atoms with Crippen molar-refractivity contribution in [2.24, 2.45) is 28.6 Å². The van der Waals surface area contributed by atoms with Gasteiger partial charge in [0.05, 0.1) is 6.10 Å². The maximum absolute atomic E-state index is 17.4. The van der Waals surface area contributed by atoms with Gasteiger partial charge in [-0.25, -0.2) is 4.39 Å². The van der Waals surface area contributed by atoms with Crippen molar-refractivity contribution in [2.45, 2.75) is 90.5 Å². The van der Waals surface area contributed by atoms with Gasteiger partial charge in [0.2, 0.25) is 5.78 Å². The zero-order valence-corrected chi connectivity index (χ0v) is 21.8. The van der Waals surface area contributed by atoms with E-state index in [9.17, 15) is 24.3 Å². The van der Waals surface area contributed by atoms with Crippen LogP contribution in [0.25, 0.3) is 0 Å². The minimum absolute atomic E-state index is 0.106. The Hall–Kier alpha value is -2.35. The Kier molecular flexibility index (Phi) is 6.60. The summed E-state index contributed by atoms with van der Waals surface area (Å²) in [5.41, 5.74) is -5.26. The van der Waals surface area contributed by atoms with Crippen LogP contribution in [0.2, 0.25) is 0 Å². The van der Waals surface area contributed by atoms with E-state index in [1.807, 2.05) is 20.8 Å². The van der Waals surface area contributed by atoms with E-state index in [-0.39, 0.29) is 24.5 Å². The fourth-order valence-electron chi connectivity index (χ4n) is 8.11. The van der Waals surface area contributed by atoms with Crippen LogP contribution in [-0.2, 0) is 28.7 Å². The monoisotopic (exact) mass is 504 g/mol. The van der Waals surface area contributed by atoms with Gasteiger partial charge in [-0.2, -0.15) is 0 Å². The van der Waals surface area contributed by atoms with Crippen LogP contribution in [0.15, 0.2) is 23.8 Å². The summed E-state index contributed by atoms with van der Waals surface area (Å²) in [7, 11) is 0. The highest BCUT2D eigenvalue weighted by Gasteiger charge is 2.77. The van der Waals surface area contributed by atoms with Crippen molar-refractivity contribution in [3.8, 4) is 0 Å². The molecule has 8 heteroatoms. The van der Waals surface area contributed by atoms with Crippen LogP contribution in [0.1, 0.15) is 73.1 Å². The van der Waals surface area contributed by atoms with Gasteiger partial charge >= 0.3 is 11.9 Å². The van der Waals surface area contributed by atoms with E-state index in [1.165, 1.54) is 19.1 Å². The molecule has 3 saturated carbocycles. The van der Waals surface area contributed by atoms with Crippen LogP contribution in [0, 0.1) is 28.6 Å². The number of esters is 2. The fourth-order valence-corrected chi connectivity index (χ4v) is 8.11. The number of carbonyl (C=O) groups excluding carboxylic acids is 4. The number of carbonyl (C=O) groups is 4. The van der Waals surface area contributed by atoms with Gasteiger partial charge in [-0.1, -0.05) is 32.4 Å². The predicted molar refractivity (Wildman–Crippen MR) is 128 cm³/mol. The number of rotatable bonds is 6. The number of alkyl halides is 1. The average Bonchev–Trinajstić information content (AvgIpc) is 3.01. The number of fused-ring (bicyclic) bond motifs is 5. The lowest BCUT2D eigenvalue weighted by Gasteiger charge is -2.62. The summed E-state index contributed by atoms with van der Waals surface area (Å²) in [6.07, 6.45) is 4.82. The molecule has 198 valence electrons. The molecule has 1 N–H and O–H groups in total. The summed E-state index contributed by atoms with van der Waals surface area (Å²) >= 11 is 0. The number of ketones is 2. The first kappa shape index (κ1) is 26.7. The molecular formula is C28H37FO7. The maximum Gasteiger partial charge on any atom is 0.306 e. The molecule has 0 aromatic carbocycles. The first-order valence-corrected chi connectivity index (χ1v) is 13.0. The molecule has 7 nitrogen and oxygen atoms in total. The number of halogens is 1. The third-order valence-electron chi connectivity index (χ3n) is 9.73. The molecule has 0 aromatic heterocycles. The number of ether oxygens (including phenoxy) is 2. The molecule has 0 heterocycles. The highest BCUT2D eigenvalue weighted by molar-refractivity contribution is 6.01. The zero-order chi connectivity index (χ0) is 26.7. The number of allylic oxidation sites excluding steroid dienone is 4. The molecule has 4 rings (SSSR count). The van der Waals surface area contributed by atoms with Crippen molar-refractivity contribution < 1.29 is 38.1 Å². The molecule has 0 bridgehead atoms. The van der Waals surface area contributed by atoms with E-state index in [0.29, 0.717) is 31.3 Å². The number of aliphatic hydroxyl groups excluding tert-OH is 1. The molecule has 0 amide bonds. The first-order valence-electron chi connectivity index (χ1n) is 13.0. The fraction of sp³-hybridized carbons (Fsp3) is 0.714. The quantitative estimate of drug-likeness (QED) is 0.548. The van der Waals surface area contributed by atoms with E-state index in [1.54, 1.807) is 13.0 Å². The molecule has 0 saturated heterocycles. The van der Waals surface area contributed by atoms with Crippen LogP contribution in [0.5, 0.6) is 0 Å². The summed E-state index contributed by atoms with van der Waals surface area (Å²) in [5, 5.41) is 11.5. The van der Waals surface area contributed by atoms with Crippen molar-refractivity contribution in [2.75, 3.05) is 6.61 Å². The Bertz CT molecular complexity index is 1050. The van der Waals surface area contributed by atoms with Crippen LogP contribution < -0.4 is 0 Å². The first-order chi connectivity index (χ1) is 16.8. The minimum Gasteiger partial charge on any atom is -0.458 e. The van der Waals surface area contributed by atoms with Gasteiger partial charge in [0.25, 0.3) is 0 Å². The summed E-state index contributed by atoms with van der Waals surface area (Å²) in [6.45, 7) is 7.83. The van der Waals surface area contributed by atoms with E-state index in [0.717, 1.165) is 0 Å². The number of hydrogen-bond acceptors (Lipinski definition) is 7. The molecule has 0 radical (unpaired) electrons. The third kappa shape index (κ3) is 3.46. The van der Waals surface area contributed by atoms with Crippen LogP contribution in [0.3, 0.4) is 0 Å². The van der Waals surface area contributed by atoms with Crippen molar-refractivity contribution in [3.05, 3.63) is 23.8 Å². The van der Waals surface area contributed by atoms with Crippen LogP contribution in [0.4, 0.5) is 4.39 Å². The Morgan fingerprint density at radius 2 is 1.92 bits per heavy atom. The molecular weight excluding hydrogens is 467 g/mol. The zero-order valence-electron chi connectivity index (χ0n) is 21.8. The molecule has 36 heavy (non-hydrogen) atoms. The van der Waals surface area contributed by atoms with Gasteiger partial charge in [0.15, 0.2) is 23.7 Å². The normalized spacial score (nSPS) is 43.1. The highest BCUT2D eigenvalue weighted by atomic mass is 19.1. The summed E-state index contributed by atoms with van der Waals surface area (Å²) in [5.74, 6) is -3.36. The summed E-state index contributed by atoms with van der Waals surface area (Å²) in [4.78, 5) is 50.1. The average molecular weight is 505 g/mol. The van der Waals surface area contributed by atoms with Gasteiger partial charge in [-0.3, -0.25) is 19.2 Å². The molecule has 4 aliphatic carbocycles. The van der Waals surface area contributed by atoms with Gasteiger partial charge in [0, 0.05) is 36.0 Å². The second kappa shape index (κ2) is 8.89. The van der Waals surface area contributed by atoms with Crippen molar-refractivity contribution in [1.29, 1.82) is 0 Å². The van der Waals surface area contributed by atoms with E-state index < -0.39 is 64.4 Å². The molecule has 8 atom stereocenters. The molecule has 0 aliphatic heterocycles. The highest BCUT2D eigenvalue weighted by Crippen LogP contribution is 2.71. The van der Waals surface area contributed by atoms with Crippen molar-refractivity contribution in [3.63, 3.8) is 0 Å². The Balaban J connectivity index is 1.81. The smallest absolute Gasteiger partial charge is 0.306 e. The lowest BCUT2D eigenvalue weighted by molar-refractivity contribution is -0.228.